The molecule has 0 saturated carbocycles. The van der Waals surface area contributed by atoms with Gasteiger partial charge in [0.2, 0.25) is 22.7 Å². The Bertz CT molecular complexity index is 704. The first-order valence-electron chi connectivity index (χ1n) is 9.67. The lowest BCUT2D eigenvalue weighted by molar-refractivity contribution is -0.170. The summed E-state index contributed by atoms with van der Waals surface area (Å²) >= 11 is 0. The lowest BCUT2D eigenvalue weighted by Crippen LogP contribution is -2.36. The highest BCUT2D eigenvalue weighted by Crippen LogP contribution is 2.28. The van der Waals surface area contributed by atoms with E-state index in [-0.39, 0.29) is 37.9 Å². The summed E-state index contributed by atoms with van der Waals surface area (Å²) in [6, 6.07) is 0. The molecular formula is C20H26O10. The van der Waals surface area contributed by atoms with E-state index < -0.39 is 35.1 Å². The molecule has 2 unspecified atom stereocenters. The molecule has 2 rings (SSSR count). The van der Waals surface area contributed by atoms with Crippen molar-refractivity contribution < 1.29 is 47.6 Å². The zero-order chi connectivity index (χ0) is 22.4. The maximum atomic E-state index is 11.9. The number of esters is 4. The average Bonchev–Trinajstić information content (AvgIpc) is 3.15. The SMILES string of the molecule is CCOC(=O)C1(C)C=C(OCCCCOC2=CC(C)(C(=O)OCC)OC2=O)C(=O)O1. The van der Waals surface area contributed by atoms with Crippen LogP contribution in [0.15, 0.2) is 23.7 Å². The second-order valence-corrected chi connectivity index (χ2v) is 6.86. The standard InChI is InChI=1S/C20H26O10/c1-5-25-17(23)19(3)11-13(15(21)29-19)27-9-7-8-10-28-14-12-20(4,30-16(14)22)18(24)26-6-2/h11-12H,5-10H2,1-4H3. The van der Waals surface area contributed by atoms with E-state index in [4.69, 9.17) is 28.4 Å². The van der Waals surface area contributed by atoms with Gasteiger partial charge in [-0.25, -0.2) is 19.2 Å². The van der Waals surface area contributed by atoms with Gasteiger partial charge >= 0.3 is 23.9 Å². The number of cyclic esters (lactones) is 2. The molecule has 2 aliphatic rings. The summed E-state index contributed by atoms with van der Waals surface area (Å²) in [5.41, 5.74) is -2.99. The van der Waals surface area contributed by atoms with Crippen molar-refractivity contribution in [1.82, 2.24) is 0 Å². The first-order chi connectivity index (χ1) is 14.1. The Hall–Kier alpha value is -3.04. The molecule has 166 valence electrons. The molecule has 0 aromatic carbocycles. The molecule has 0 saturated heterocycles. The van der Waals surface area contributed by atoms with Crippen LogP contribution in [0.1, 0.15) is 40.5 Å². The van der Waals surface area contributed by atoms with Crippen LogP contribution in [-0.4, -0.2) is 61.5 Å². The molecule has 2 aliphatic heterocycles. The minimum Gasteiger partial charge on any atom is -0.487 e. The molecule has 10 nitrogen and oxygen atoms in total. The smallest absolute Gasteiger partial charge is 0.374 e. The molecule has 0 aromatic heterocycles. The van der Waals surface area contributed by atoms with E-state index in [1.54, 1.807) is 13.8 Å². The zero-order valence-corrected chi connectivity index (χ0v) is 17.5. The van der Waals surface area contributed by atoms with Gasteiger partial charge in [0, 0.05) is 12.2 Å². The minimum atomic E-state index is -1.49. The van der Waals surface area contributed by atoms with Crippen LogP contribution in [-0.2, 0) is 47.6 Å². The fraction of sp³-hybridized carbons (Fsp3) is 0.600. The molecule has 2 heterocycles. The molecule has 30 heavy (non-hydrogen) atoms. The van der Waals surface area contributed by atoms with Crippen molar-refractivity contribution >= 4 is 23.9 Å². The first kappa shape index (κ1) is 23.2. The van der Waals surface area contributed by atoms with Crippen LogP contribution in [0.5, 0.6) is 0 Å². The molecule has 0 N–H and O–H groups in total. The van der Waals surface area contributed by atoms with Crippen molar-refractivity contribution in [2.24, 2.45) is 0 Å². The van der Waals surface area contributed by atoms with Crippen molar-refractivity contribution in [1.29, 1.82) is 0 Å². The van der Waals surface area contributed by atoms with Gasteiger partial charge in [-0.1, -0.05) is 0 Å². The molecule has 0 radical (unpaired) electrons. The summed E-state index contributed by atoms with van der Waals surface area (Å²) in [6.45, 7) is 6.83. The van der Waals surface area contributed by atoms with Gasteiger partial charge in [-0.05, 0) is 40.5 Å². The normalized spacial score (nSPS) is 25.1. The van der Waals surface area contributed by atoms with Crippen molar-refractivity contribution in [2.45, 2.75) is 51.7 Å². The third kappa shape index (κ3) is 5.31. The Morgan fingerprint density at radius 3 is 1.50 bits per heavy atom. The second-order valence-electron chi connectivity index (χ2n) is 6.86. The predicted molar refractivity (Wildman–Crippen MR) is 99.6 cm³/mol. The molecule has 0 amide bonds. The number of carbonyl (C=O) groups is 4. The summed E-state index contributed by atoms with van der Waals surface area (Å²) < 4.78 is 30.6. The van der Waals surface area contributed by atoms with E-state index in [1.807, 2.05) is 0 Å². The summed E-state index contributed by atoms with van der Waals surface area (Å²) in [4.78, 5) is 47.4. The maximum absolute atomic E-state index is 11.9. The maximum Gasteiger partial charge on any atom is 0.374 e. The number of hydrogen-bond donors (Lipinski definition) is 0. The Kier molecular flexibility index (Phi) is 7.47. The number of hydrogen-bond acceptors (Lipinski definition) is 10. The van der Waals surface area contributed by atoms with E-state index in [9.17, 15) is 19.2 Å². The Balaban J connectivity index is 1.75. The lowest BCUT2D eigenvalue weighted by Gasteiger charge is -2.17. The number of carbonyl (C=O) groups excluding carboxylic acids is 4. The van der Waals surface area contributed by atoms with Crippen molar-refractivity contribution in [3.63, 3.8) is 0 Å². The third-order valence-corrected chi connectivity index (χ3v) is 4.24. The number of ether oxygens (including phenoxy) is 6. The Morgan fingerprint density at radius 2 is 1.17 bits per heavy atom. The fourth-order valence-corrected chi connectivity index (χ4v) is 2.68. The van der Waals surface area contributed by atoms with Gasteiger partial charge < -0.3 is 28.4 Å². The molecule has 0 fully saturated rings. The second kappa shape index (κ2) is 9.64. The average molecular weight is 426 g/mol. The van der Waals surface area contributed by atoms with Gasteiger partial charge in [-0.15, -0.1) is 0 Å². The lowest BCUT2D eigenvalue weighted by atomic mass is 10.1. The largest absolute Gasteiger partial charge is 0.487 e. The highest BCUT2D eigenvalue weighted by molar-refractivity contribution is 5.97. The van der Waals surface area contributed by atoms with Crippen LogP contribution in [0.4, 0.5) is 0 Å². The topological polar surface area (TPSA) is 124 Å². The van der Waals surface area contributed by atoms with Gasteiger partial charge in [0.25, 0.3) is 0 Å². The van der Waals surface area contributed by atoms with Gasteiger partial charge in [0.15, 0.2) is 0 Å². The van der Waals surface area contributed by atoms with E-state index in [1.165, 1.54) is 26.0 Å². The van der Waals surface area contributed by atoms with Gasteiger partial charge in [0.1, 0.15) is 0 Å². The van der Waals surface area contributed by atoms with Gasteiger partial charge in [0.05, 0.1) is 26.4 Å². The summed E-state index contributed by atoms with van der Waals surface area (Å²) in [6.07, 6.45) is 3.58. The van der Waals surface area contributed by atoms with Crippen molar-refractivity contribution in [3.05, 3.63) is 23.7 Å². The minimum absolute atomic E-state index is 0.0567. The monoisotopic (exact) mass is 426 g/mol. The highest BCUT2D eigenvalue weighted by Gasteiger charge is 2.46. The molecule has 0 bridgehead atoms. The summed E-state index contributed by atoms with van der Waals surface area (Å²) in [5, 5.41) is 0. The van der Waals surface area contributed by atoms with E-state index in [0.717, 1.165) is 0 Å². The van der Waals surface area contributed by atoms with Crippen LogP contribution in [0, 0.1) is 0 Å². The van der Waals surface area contributed by atoms with E-state index in [2.05, 4.69) is 0 Å². The molecular weight excluding hydrogens is 400 g/mol. The molecule has 2 atom stereocenters. The van der Waals surface area contributed by atoms with Crippen LogP contribution in [0.2, 0.25) is 0 Å². The quantitative estimate of drug-likeness (QED) is 0.271. The number of rotatable bonds is 11. The number of unbranched alkanes of at least 4 members (excludes halogenated alkanes) is 1. The van der Waals surface area contributed by atoms with Crippen molar-refractivity contribution in [3.8, 4) is 0 Å². The molecule has 10 heteroatoms. The Morgan fingerprint density at radius 1 is 0.800 bits per heavy atom. The van der Waals surface area contributed by atoms with Crippen molar-refractivity contribution in [2.75, 3.05) is 26.4 Å². The zero-order valence-electron chi connectivity index (χ0n) is 17.5. The summed E-state index contributed by atoms with van der Waals surface area (Å²) in [7, 11) is 0. The van der Waals surface area contributed by atoms with E-state index >= 15 is 0 Å². The Labute approximate surface area is 174 Å². The summed E-state index contributed by atoms with van der Waals surface area (Å²) in [5.74, 6) is -2.93. The highest BCUT2D eigenvalue weighted by atomic mass is 16.6. The van der Waals surface area contributed by atoms with E-state index in [0.29, 0.717) is 12.8 Å². The van der Waals surface area contributed by atoms with Gasteiger partial charge in [-0.2, -0.15) is 0 Å². The van der Waals surface area contributed by atoms with Crippen LogP contribution in [0.25, 0.3) is 0 Å². The first-order valence-corrected chi connectivity index (χ1v) is 9.67. The van der Waals surface area contributed by atoms with Crippen LogP contribution < -0.4 is 0 Å². The predicted octanol–water partition coefficient (Wildman–Crippen LogP) is 1.32. The molecule has 0 spiro atoms. The molecule has 0 aromatic rings. The van der Waals surface area contributed by atoms with Gasteiger partial charge in [-0.3, -0.25) is 0 Å². The molecule has 0 aliphatic carbocycles. The van der Waals surface area contributed by atoms with Crippen LogP contribution >= 0.6 is 0 Å². The van der Waals surface area contributed by atoms with Crippen LogP contribution in [0.3, 0.4) is 0 Å². The fourth-order valence-electron chi connectivity index (χ4n) is 2.68. The third-order valence-electron chi connectivity index (χ3n) is 4.24.